The van der Waals surface area contributed by atoms with E-state index < -0.39 is 0 Å². The quantitative estimate of drug-likeness (QED) is 0.728. The van der Waals surface area contributed by atoms with E-state index in [4.69, 9.17) is 0 Å². The molecule has 5 heteroatoms. The smallest absolute Gasteiger partial charge is 0.274 e. The molecule has 1 saturated heterocycles. The molecule has 1 fully saturated rings. The first-order chi connectivity index (χ1) is 11.7. The van der Waals surface area contributed by atoms with E-state index in [-0.39, 0.29) is 5.91 Å². The average molecular weight is 318 g/mol. The third-order valence-corrected chi connectivity index (χ3v) is 4.49. The summed E-state index contributed by atoms with van der Waals surface area (Å²) < 4.78 is 0. The number of benzene rings is 1. The molecule has 0 N–H and O–H groups in total. The van der Waals surface area contributed by atoms with Crippen LogP contribution in [0.3, 0.4) is 0 Å². The maximum Gasteiger partial charge on any atom is 0.274 e. The first-order valence-electron chi connectivity index (χ1n) is 8.20. The molecule has 3 heterocycles. The fourth-order valence-electron chi connectivity index (χ4n) is 3.22. The Morgan fingerprint density at radius 3 is 2.79 bits per heavy atom. The number of carbonyl (C=O) groups excluding carboxylic acids is 1. The maximum atomic E-state index is 12.6. The van der Waals surface area contributed by atoms with Gasteiger partial charge in [0.1, 0.15) is 5.69 Å². The Kier molecular flexibility index (Phi) is 3.69. The second-order valence-corrected chi connectivity index (χ2v) is 6.12. The van der Waals surface area contributed by atoms with Crippen molar-refractivity contribution in [2.45, 2.75) is 19.8 Å². The molecule has 5 nitrogen and oxygen atoms in total. The van der Waals surface area contributed by atoms with Crippen LogP contribution in [0.2, 0.25) is 0 Å². The number of hydrogen-bond acceptors (Lipinski definition) is 4. The van der Waals surface area contributed by atoms with Gasteiger partial charge in [0.25, 0.3) is 5.91 Å². The monoisotopic (exact) mass is 318 g/mol. The van der Waals surface area contributed by atoms with Gasteiger partial charge in [-0.05, 0) is 31.4 Å². The zero-order valence-electron chi connectivity index (χ0n) is 13.6. The molecular weight excluding hydrogens is 300 g/mol. The molecule has 24 heavy (non-hydrogen) atoms. The van der Waals surface area contributed by atoms with Gasteiger partial charge in [-0.25, -0.2) is 4.98 Å². The highest BCUT2D eigenvalue weighted by molar-refractivity contribution is 5.96. The average Bonchev–Trinajstić information content (AvgIpc) is 3.16. The van der Waals surface area contributed by atoms with Gasteiger partial charge < -0.3 is 4.90 Å². The second kappa shape index (κ2) is 6.00. The van der Waals surface area contributed by atoms with E-state index in [0.717, 1.165) is 48.0 Å². The lowest BCUT2D eigenvalue weighted by atomic mass is 10.0. The summed E-state index contributed by atoms with van der Waals surface area (Å²) in [4.78, 5) is 27.7. The molecule has 0 aliphatic carbocycles. The van der Waals surface area contributed by atoms with E-state index >= 15 is 0 Å². The number of aromatic nitrogens is 3. The molecule has 2 aromatic heterocycles. The van der Waals surface area contributed by atoms with Crippen LogP contribution < -0.4 is 0 Å². The summed E-state index contributed by atoms with van der Waals surface area (Å²) in [5, 5.41) is 1.03. The fraction of sp³-hybridized carbons (Fsp3) is 0.263. The highest BCUT2D eigenvalue weighted by Gasteiger charge is 2.21. The third kappa shape index (κ3) is 2.52. The van der Waals surface area contributed by atoms with Crippen LogP contribution in [0.25, 0.3) is 22.2 Å². The molecule has 0 unspecified atom stereocenters. The lowest BCUT2D eigenvalue weighted by Gasteiger charge is -2.15. The maximum absolute atomic E-state index is 12.6. The first-order valence-corrected chi connectivity index (χ1v) is 8.20. The summed E-state index contributed by atoms with van der Waals surface area (Å²) in [6.45, 7) is 3.66. The number of amides is 1. The predicted molar refractivity (Wildman–Crippen MR) is 92.6 cm³/mol. The van der Waals surface area contributed by atoms with Crippen LogP contribution in [0.5, 0.6) is 0 Å². The minimum atomic E-state index is -0.0311. The standard InChI is InChI=1S/C19H18N4O/c1-13-6-7-14(15-5-4-8-21-18(13)15)16-11-20-12-17(22-16)19(24)23-9-2-3-10-23/h4-8,11-12H,2-3,9-10H2,1H3. The molecule has 0 atom stereocenters. The Balaban J connectivity index is 1.79. The zero-order chi connectivity index (χ0) is 16.5. The predicted octanol–water partition coefficient (Wildman–Crippen LogP) is 3.24. The van der Waals surface area contributed by atoms with E-state index in [0.29, 0.717) is 11.4 Å². The minimum absolute atomic E-state index is 0.0311. The van der Waals surface area contributed by atoms with Crippen LogP contribution in [-0.2, 0) is 0 Å². The van der Waals surface area contributed by atoms with Crippen molar-refractivity contribution in [1.82, 2.24) is 19.9 Å². The van der Waals surface area contributed by atoms with Crippen LogP contribution in [0, 0.1) is 6.92 Å². The molecule has 120 valence electrons. The van der Waals surface area contributed by atoms with Gasteiger partial charge in [-0.1, -0.05) is 18.2 Å². The number of likely N-dealkylation sites (tertiary alicyclic amines) is 1. The number of hydrogen-bond donors (Lipinski definition) is 0. The van der Waals surface area contributed by atoms with Crippen molar-refractivity contribution in [3.8, 4) is 11.3 Å². The van der Waals surface area contributed by atoms with Gasteiger partial charge in [-0.3, -0.25) is 14.8 Å². The Hall–Kier alpha value is -2.82. The van der Waals surface area contributed by atoms with Gasteiger partial charge in [-0.2, -0.15) is 0 Å². The van der Waals surface area contributed by atoms with E-state index in [1.807, 2.05) is 36.1 Å². The van der Waals surface area contributed by atoms with Crippen molar-refractivity contribution < 1.29 is 4.79 Å². The molecule has 0 bridgehead atoms. The van der Waals surface area contributed by atoms with Gasteiger partial charge in [0.05, 0.1) is 23.6 Å². The largest absolute Gasteiger partial charge is 0.337 e. The molecule has 0 radical (unpaired) electrons. The van der Waals surface area contributed by atoms with Crippen molar-refractivity contribution >= 4 is 16.8 Å². The highest BCUT2D eigenvalue weighted by Crippen LogP contribution is 2.28. The lowest BCUT2D eigenvalue weighted by molar-refractivity contribution is 0.0786. The molecular formula is C19H18N4O. The Bertz CT molecular complexity index is 916. The Labute approximate surface area is 140 Å². The number of rotatable bonds is 2. The van der Waals surface area contributed by atoms with Crippen molar-refractivity contribution in [2.24, 2.45) is 0 Å². The molecule has 1 amide bonds. The van der Waals surface area contributed by atoms with Crippen LogP contribution in [0.1, 0.15) is 28.9 Å². The van der Waals surface area contributed by atoms with Crippen molar-refractivity contribution in [3.05, 3.63) is 54.1 Å². The number of carbonyl (C=O) groups is 1. The zero-order valence-corrected chi connectivity index (χ0v) is 13.6. The van der Waals surface area contributed by atoms with E-state index in [9.17, 15) is 4.79 Å². The lowest BCUT2D eigenvalue weighted by Crippen LogP contribution is -2.28. The normalized spacial score (nSPS) is 14.3. The van der Waals surface area contributed by atoms with Crippen LogP contribution in [0.4, 0.5) is 0 Å². The van der Waals surface area contributed by atoms with Gasteiger partial charge in [0, 0.05) is 30.2 Å². The summed E-state index contributed by atoms with van der Waals surface area (Å²) in [5.41, 5.74) is 4.14. The van der Waals surface area contributed by atoms with Gasteiger partial charge in [0.2, 0.25) is 0 Å². The highest BCUT2D eigenvalue weighted by atomic mass is 16.2. The van der Waals surface area contributed by atoms with Crippen molar-refractivity contribution in [2.75, 3.05) is 13.1 Å². The Morgan fingerprint density at radius 1 is 1.12 bits per heavy atom. The fourth-order valence-corrected chi connectivity index (χ4v) is 3.22. The van der Waals surface area contributed by atoms with Gasteiger partial charge in [-0.15, -0.1) is 0 Å². The summed E-state index contributed by atoms with van der Waals surface area (Å²) in [6, 6.07) is 7.99. The van der Waals surface area contributed by atoms with Crippen LogP contribution in [0.15, 0.2) is 42.9 Å². The molecule has 3 aromatic rings. The summed E-state index contributed by atoms with van der Waals surface area (Å²) in [6.07, 6.45) is 7.18. The van der Waals surface area contributed by atoms with Crippen LogP contribution in [-0.4, -0.2) is 38.8 Å². The molecule has 1 aliphatic heterocycles. The van der Waals surface area contributed by atoms with E-state index in [1.54, 1.807) is 18.6 Å². The second-order valence-electron chi connectivity index (χ2n) is 6.12. The molecule has 1 aromatic carbocycles. The van der Waals surface area contributed by atoms with Gasteiger partial charge in [0.15, 0.2) is 0 Å². The van der Waals surface area contributed by atoms with Crippen molar-refractivity contribution in [1.29, 1.82) is 0 Å². The summed E-state index contributed by atoms with van der Waals surface area (Å²) in [7, 11) is 0. The number of aryl methyl sites for hydroxylation is 1. The summed E-state index contributed by atoms with van der Waals surface area (Å²) in [5.74, 6) is -0.0311. The van der Waals surface area contributed by atoms with Crippen LogP contribution >= 0.6 is 0 Å². The molecule has 0 spiro atoms. The number of pyridine rings is 1. The van der Waals surface area contributed by atoms with E-state index in [1.165, 1.54) is 0 Å². The van der Waals surface area contributed by atoms with Gasteiger partial charge >= 0.3 is 0 Å². The number of fused-ring (bicyclic) bond motifs is 1. The minimum Gasteiger partial charge on any atom is -0.337 e. The molecule has 1 aliphatic rings. The summed E-state index contributed by atoms with van der Waals surface area (Å²) >= 11 is 0. The van der Waals surface area contributed by atoms with E-state index in [2.05, 4.69) is 15.0 Å². The Morgan fingerprint density at radius 2 is 1.96 bits per heavy atom. The first kappa shape index (κ1) is 14.8. The van der Waals surface area contributed by atoms with Crippen molar-refractivity contribution in [3.63, 3.8) is 0 Å². The number of nitrogens with zero attached hydrogens (tertiary/aromatic N) is 4. The topological polar surface area (TPSA) is 59.0 Å². The molecule has 0 saturated carbocycles. The third-order valence-electron chi connectivity index (χ3n) is 4.49. The SMILES string of the molecule is Cc1ccc(-c2cncc(C(=O)N3CCCC3)n2)c2cccnc12. The molecule has 4 rings (SSSR count).